The fraction of sp³-hybridized carbons (Fsp3) is 0.188. The second-order valence-electron chi connectivity index (χ2n) is 5.00. The van der Waals surface area contributed by atoms with E-state index in [2.05, 4.69) is 5.32 Å². The summed E-state index contributed by atoms with van der Waals surface area (Å²) in [5, 5.41) is 13.7. The predicted molar refractivity (Wildman–Crippen MR) is 84.4 cm³/mol. The van der Waals surface area contributed by atoms with Gasteiger partial charge in [0.15, 0.2) is 11.5 Å². The van der Waals surface area contributed by atoms with Gasteiger partial charge >= 0.3 is 5.97 Å². The molecule has 0 aliphatic carbocycles. The quantitative estimate of drug-likeness (QED) is 0.511. The number of rotatable bonds is 5. The van der Waals surface area contributed by atoms with Gasteiger partial charge < -0.3 is 19.5 Å². The van der Waals surface area contributed by atoms with E-state index in [1.807, 2.05) is 0 Å². The van der Waals surface area contributed by atoms with E-state index in [0.29, 0.717) is 28.3 Å². The van der Waals surface area contributed by atoms with E-state index in [-0.39, 0.29) is 5.69 Å². The minimum absolute atomic E-state index is 0.0178. The maximum atomic E-state index is 12.2. The molecule has 8 nitrogen and oxygen atoms in total. The molecule has 1 heterocycles. The van der Waals surface area contributed by atoms with Crippen LogP contribution in [0, 0.1) is 10.1 Å². The minimum Gasteiger partial charge on any atom is -0.493 e. The van der Waals surface area contributed by atoms with Crippen molar-refractivity contribution in [2.45, 2.75) is 6.23 Å². The standard InChI is InChI=1S/C16H14N2O6/c1-22-12-8-7-11-13(14(12)23-2)16(19)24-15(11)17-9-3-5-10(6-4-9)18(20)21/h3-8,15,17H,1-2H3/t15-/m0/s1. The average Bonchev–Trinajstić information content (AvgIpc) is 2.90. The third-order valence-electron chi connectivity index (χ3n) is 3.67. The van der Waals surface area contributed by atoms with E-state index in [1.165, 1.54) is 26.4 Å². The number of carbonyl (C=O) groups is 1. The predicted octanol–water partition coefficient (Wildman–Crippen LogP) is 2.89. The number of esters is 1. The van der Waals surface area contributed by atoms with Crippen LogP contribution in [0.4, 0.5) is 11.4 Å². The zero-order chi connectivity index (χ0) is 17.3. The monoisotopic (exact) mass is 330 g/mol. The number of ether oxygens (including phenoxy) is 3. The molecule has 0 spiro atoms. The molecule has 1 N–H and O–H groups in total. The molecule has 0 radical (unpaired) electrons. The van der Waals surface area contributed by atoms with Crippen molar-refractivity contribution in [2.24, 2.45) is 0 Å². The first-order chi connectivity index (χ1) is 11.5. The van der Waals surface area contributed by atoms with Crippen molar-refractivity contribution in [1.29, 1.82) is 0 Å². The Balaban J connectivity index is 1.91. The van der Waals surface area contributed by atoms with Crippen molar-refractivity contribution in [3.63, 3.8) is 0 Å². The maximum Gasteiger partial charge on any atom is 0.344 e. The lowest BCUT2D eigenvalue weighted by atomic mass is 10.1. The highest BCUT2D eigenvalue weighted by Crippen LogP contribution is 2.42. The van der Waals surface area contributed by atoms with Crippen molar-refractivity contribution in [2.75, 3.05) is 19.5 Å². The summed E-state index contributed by atoms with van der Waals surface area (Å²) < 4.78 is 15.8. The van der Waals surface area contributed by atoms with Gasteiger partial charge in [0, 0.05) is 23.4 Å². The summed E-state index contributed by atoms with van der Waals surface area (Å²) in [4.78, 5) is 22.4. The Hall–Kier alpha value is -3.29. The molecule has 0 amide bonds. The molecule has 8 heteroatoms. The van der Waals surface area contributed by atoms with E-state index in [9.17, 15) is 14.9 Å². The molecule has 0 saturated heterocycles. The van der Waals surface area contributed by atoms with Gasteiger partial charge in [0.25, 0.3) is 5.69 Å². The van der Waals surface area contributed by atoms with Crippen molar-refractivity contribution in [1.82, 2.24) is 0 Å². The average molecular weight is 330 g/mol. The van der Waals surface area contributed by atoms with Crippen molar-refractivity contribution in [3.05, 3.63) is 57.6 Å². The first-order valence-electron chi connectivity index (χ1n) is 7.02. The zero-order valence-electron chi connectivity index (χ0n) is 12.9. The van der Waals surface area contributed by atoms with Crippen molar-refractivity contribution < 1.29 is 23.9 Å². The second kappa shape index (κ2) is 6.07. The number of anilines is 1. The number of nitro groups is 1. The van der Waals surface area contributed by atoms with Crippen LogP contribution in [0.2, 0.25) is 0 Å². The third kappa shape index (κ3) is 2.58. The summed E-state index contributed by atoms with van der Waals surface area (Å²) in [6.07, 6.45) is -0.714. The Morgan fingerprint density at radius 2 is 1.83 bits per heavy atom. The number of nitro benzene ring substituents is 1. The van der Waals surface area contributed by atoms with Gasteiger partial charge in [0.1, 0.15) is 5.56 Å². The molecule has 3 rings (SSSR count). The third-order valence-corrected chi connectivity index (χ3v) is 3.67. The number of hydrogen-bond donors (Lipinski definition) is 1. The van der Waals surface area contributed by atoms with E-state index in [4.69, 9.17) is 14.2 Å². The first-order valence-corrected chi connectivity index (χ1v) is 7.02. The van der Waals surface area contributed by atoms with Crippen LogP contribution in [0.15, 0.2) is 36.4 Å². The number of fused-ring (bicyclic) bond motifs is 1. The normalized spacial score (nSPS) is 15.4. The van der Waals surface area contributed by atoms with Crippen LogP contribution in [0.25, 0.3) is 0 Å². The van der Waals surface area contributed by atoms with Crippen molar-refractivity contribution >= 4 is 17.3 Å². The summed E-state index contributed by atoms with van der Waals surface area (Å²) in [7, 11) is 2.93. The van der Waals surface area contributed by atoms with Gasteiger partial charge in [0.05, 0.1) is 19.1 Å². The van der Waals surface area contributed by atoms with Crippen LogP contribution in [-0.2, 0) is 4.74 Å². The highest BCUT2D eigenvalue weighted by molar-refractivity contribution is 5.98. The summed E-state index contributed by atoms with van der Waals surface area (Å²) >= 11 is 0. The molecule has 0 saturated carbocycles. The van der Waals surface area contributed by atoms with Crippen LogP contribution >= 0.6 is 0 Å². The van der Waals surface area contributed by atoms with Crippen molar-refractivity contribution in [3.8, 4) is 11.5 Å². The number of methoxy groups -OCH3 is 2. The lowest BCUT2D eigenvalue weighted by Gasteiger charge is -2.15. The molecule has 24 heavy (non-hydrogen) atoms. The van der Waals surface area contributed by atoms with E-state index in [0.717, 1.165) is 0 Å². The number of nitrogens with one attached hydrogen (secondary N) is 1. The van der Waals surface area contributed by atoms with Crippen LogP contribution < -0.4 is 14.8 Å². The molecule has 2 aromatic carbocycles. The maximum absolute atomic E-state index is 12.2. The van der Waals surface area contributed by atoms with E-state index < -0.39 is 17.1 Å². The first kappa shape index (κ1) is 15.6. The Labute approximate surface area is 137 Å². The number of nitrogens with zero attached hydrogens (tertiary/aromatic N) is 1. The van der Waals surface area contributed by atoms with Gasteiger partial charge in [-0.3, -0.25) is 10.1 Å². The lowest BCUT2D eigenvalue weighted by molar-refractivity contribution is -0.384. The fourth-order valence-corrected chi connectivity index (χ4v) is 2.54. The molecule has 2 aromatic rings. The summed E-state index contributed by atoms with van der Waals surface area (Å²) in [5.41, 5.74) is 1.48. The van der Waals surface area contributed by atoms with Gasteiger partial charge in [-0.2, -0.15) is 0 Å². The van der Waals surface area contributed by atoms with Crippen LogP contribution in [0.3, 0.4) is 0 Å². The molecule has 0 fully saturated rings. The number of cyclic esters (lactones) is 1. The minimum atomic E-state index is -0.714. The highest BCUT2D eigenvalue weighted by atomic mass is 16.6. The topological polar surface area (TPSA) is 99.9 Å². The number of benzene rings is 2. The fourth-order valence-electron chi connectivity index (χ4n) is 2.54. The molecule has 0 unspecified atom stereocenters. The van der Waals surface area contributed by atoms with Gasteiger partial charge in [-0.15, -0.1) is 0 Å². The summed E-state index contributed by atoms with van der Waals surface area (Å²) in [5.74, 6) is 0.220. The molecule has 0 bridgehead atoms. The number of carbonyl (C=O) groups excluding carboxylic acids is 1. The lowest BCUT2D eigenvalue weighted by Crippen LogP contribution is -2.10. The van der Waals surface area contributed by atoms with Crippen LogP contribution in [0.5, 0.6) is 11.5 Å². The molecule has 1 atom stereocenters. The molecular formula is C16H14N2O6. The van der Waals surface area contributed by atoms with Gasteiger partial charge in [-0.25, -0.2) is 4.79 Å². The number of hydrogen-bond acceptors (Lipinski definition) is 7. The Morgan fingerprint density at radius 1 is 1.12 bits per heavy atom. The van der Waals surface area contributed by atoms with Gasteiger partial charge in [-0.1, -0.05) is 0 Å². The highest BCUT2D eigenvalue weighted by Gasteiger charge is 2.35. The largest absolute Gasteiger partial charge is 0.493 e. The smallest absolute Gasteiger partial charge is 0.344 e. The van der Waals surface area contributed by atoms with Crippen LogP contribution in [-0.4, -0.2) is 25.1 Å². The Bertz CT molecular complexity index is 803. The molecule has 1 aliphatic rings. The molecule has 1 aliphatic heterocycles. The van der Waals surface area contributed by atoms with E-state index in [1.54, 1.807) is 24.3 Å². The molecular weight excluding hydrogens is 316 g/mol. The Kier molecular flexibility index (Phi) is 3.95. The van der Waals surface area contributed by atoms with E-state index >= 15 is 0 Å². The number of non-ortho nitro benzene ring substituents is 1. The zero-order valence-corrected chi connectivity index (χ0v) is 12.9. The molecule has 0 aromatic heterocycles. The summed E-state index contributed by atoms with van der Waals surface area (Å²) in [6.45, 7) is 0. The molecule has 124 valence electrons. The SMILES string of the molecule is COc1ccc2c(c1OC)C(=O)O[C@@H]2Nc1ccc([N+](=O)[O-])cc1. The van der Waals surface area contributed by atoms with Gasteiger partial charge in [-0.05, 0) is 24.3 Å². The Morgan fingerprint density at radius 3 is 2.42 bits per heavy atom. The summed E-state index contributed by atoms with van der Waals surface area (Å²) in [6, 6.07) is 9.23. The second-order valence-corrected chi connectivity index (χ2v) is 5.00. The van der Waals surface area contributed by atoms with Crippen LogP contribution in [0.1, 0.15) is 22.1 Å². The van der Waals surface area contributed by atoms with Gasteiger partial charge in [0.2, 0.25) is 6.23 Å².